The molecule has 2 aromatic carbocycles. The van der Waals surface area contributed by atoms with Gasteiger partial charge in [-0.1, -0.05) is 30.3 Å². The van der Waals surface area contributed by atoms with Gasteiger partial charge in [-0.2, -0.15) is 0 Å². The summed E-state index contributed by atoms with van der Waals surface area (Å²) < 4.78 is 11.0. The minimum absolute atomic E-state index is 0.671. The van der Waals surface area contributed by atoms with E-state index in [0.717, 1.165) is 41.6 Å². The summed E-state index contributed by atoms with van der Waals surface area (Å²) >= 11 is 0. The molecule has 0 atom stereocenters. The molecule has 25 heavy (non-hydrogen) atoms. The zero-order chi connectivity index (χ0) is 17.9. The lowest BCUT2D eigenvalue weighted by molar-refractivity contribution is 0.309. The highest BCUT2D eigenvalue weighted by molar-refractivity contribution is 5.79. The second-order valence-electron chi connectivity index (χ2n) is 5.67. The van der Waals surface area contributed by atoms with Crippen LogP contribution in [0.1, 0.15) is 17.5 Å². The Kier molecular flexibility index (Phi) is 7.63. The van der Waals surface area contributed by atoms with Crippen molar-refractivity contribution in [2.24, 2.45) is 4.99 Å². The maximum absolute atomic E-state index is 5.79. The molecule has 0 bridgehead atoms. The minimum Gasteiger partial charge on any atom is -0.497 e. The van der Waals surface area contributed by atoms with Crippen LogP contribution in [0, 0.1) is 6.92 Å². The number of nitrogens with one attached hydrogen (secondary N) is 2. The predicted molar refractivity (Wildman–Crippen MR) is 102 cm³/mol. The van der Waals surface area contributed by atoms with Crippen LogP contribution in [-0.4, -0.2) is 33.3 Å². The molecule has 0 aliphatic heterocycles. The van der Waals surface area contributed by atoms with Gasteiger partial charge in [-0.15, -0.1) is 0 Å². The van der Waals surface area contributed by atoms with E-state index in [4.69, 9.17) is 9.47 Å². The topological polar surface area (TPSA) is 54.9 Å². The summed E-state index contributed by atoms with van der Waals surface area (Å²) in [6, 6.07) is 16.0. The molecule has 0 amide bonds. The highest BCUT2D eigenvalue weighted by Gasteiger charge is 2.01. The monoisotopic (exact) mass is 341 g/mol. The molecule has 0 fully saturated rings. The highest BCUT2D eigenvalue weighted by atomic mass is 16.5. The van der Waals surface area contributed by atoms with Crippen molar-refractivity contribution in [2.75, 3.05) is 27.3 Å². The van der Waals surface area contributed by atoms with E-state index >= 15 is 0 Å². The van der Waals surface area contributed by atoms with Crippen LogP contribution in [0.2, 0.25) is 0 Å². The van der Waals surface area contributed by atoms with Gasteiger partial charge in [0.2, 0.25) is 0 Å². The van der Waals surface area contributed by atoms with Crippen molar-refractivity contribution in [3.05, 3.63) is 59.7 Å². The van der Waals surface area contributed by atoms with Crippen molar-refractivity contribution in [3.8, 4) is 11.5 Å². The third-order valence-corrected chi connectivity index (χ3v) is 3.78. The molecular formula is C20H27N3O2. The first-order chi connectivity index (χ1) is 12.2. The highest BCUT2D eigenvalue weighted by Crippen LogP contribution is 2.16. The number of methoxy groups -OCH3 is 1. The molecule has 5 heteroatoms. The van der Waals surface area contributed by atoms with E-state index in [0.29, 0.717) is 13.2 Å². The molecule has 0 saturated carbocycles. The molecule has 0 saturated heterocycles. The zero-order valence-electron chi connectivity index (χ0n) is 15.2. The van der Waals surface area contributed by atoms with Crippen molar-refractivity contribution in [1.29, 1.82) is 0 Å². The lowest BCUT2D eigenvalue weighted by Crippen LogP contribution is -2.37. The molecule has 5 nitrogen and oxygen atoms in total. The van der Waals surface area contributed by atoms with Gasteiger partial charge >= 0.3 is 0 Å². The second-order valence-corrected chi connectivity index (χ2v) is 5.67. The molecule has 0 heterocycles. The summed E-state index contributed by atoms with van der Waals surface area (Å²) in [6.07, 6.45) is 0.897. The average Bonchev–Trinajstić information content (AvgIpc) is 2.65. The molecule has 0 spiro atoms. The maximum Gasteiger partial charge on any atom is 0.191 e. The number of para-hydroxylation sites is 1. The van der Waals surface area contributed by atoms with Crippen molar-refractivity contribution < 1.29 is 9.47 Å². The molecule has 0 aliphatic rings. The largest absolute Gasteiger partial charge is 0.497 e. The number of rotatable bonds is 8. The van der Waals surface area contributed by atoms with Crippen LogP contribution in [0.25, 0.3) is 0 Å². The Morgan fingerprint density at radius 2 is 1.92 bits per heavy atom. The standard InChI is InChI=1S/C20H27N3O2/c1-16-8-4-5-11-19(16)25-13-7-12-22-20(21-2)23-15-17-9-6-10-18(14-17)24-3/h4-6,8-11,14H,7,12-13,15H2,1-3H3,(H2,21,22,23). The van der Waals surface area contributed by atoms with E-state index in [1.807, 2.05) is 36.4 Å². The number of nitrogens with zero attached hydrogens (tertiary/aromatic N) is 1. The van der Waals surface area contributed by atoms with Gasteiger partial charge < -0.3 is 20.1 Å². The number of ether oxygens (including phenoxy) is 2. The Bertz CT molecular complexity index is 686. The van der Waals surface area contributed by atoms with Gasteiger partial charge in [-0.25, -0.2) is 0 Å². The Balaban J connectivity index is 1.67. The third kappa shape index (κ3) is 6.37. The Morgan fingerprint density at radius 3 is 2.68 bits per heavy atom. The summed E-state index contributed by atoms with van der Waals surface area (Å²) in [7, 11) is 3.44. The number of aliphatic imine (C=N–C) groups is 1. The average molecular weight is 341 g/mol. The van der Waals surface area contributed by atoms with Gasteiger partial charge in [0.25, 0.3) is 0 Å². The summed E-state index contributed by atoms with van der Waals surface area (Å²) in [4.78, 5) is 4.24. The zero-order valence-corrected chi connectivity index (χ0v) is 15.2. The summed E-state index contributed by atoms with van der Waals surface area (Å²) in [5.41, 5.74) is 2.30. The van der Waals surface area contributed by atoms with E-state index in [-0.39, 0.29) is 0 Å². The van der Waals surface area contributed by atoms with Gasteiger partial charge in [-0.05, 0) is 42.7 Å². The maximum atomic E-state index is 5.79. The smallest absolute Gasteiger partial charge is 0.191 e. The normalized spacial score (nSPS) is 11.1. The molecule has 0 aromatic heterocycles. The van der Waals surface area contributed by atoms with E-state index in [2.05, 4.69) is 34.7 Å². The van der Waals surface area contributed by atoms with Crippen molar-refractivity contribution in [2.45, 2.75) is 19.9 Å². The predicted octanol–water partition coefficient (Wildman–Crippen LogP) is 3.14. The molecule has 134 valence electrons. The molecule has 2 N–H and O–H groups in total. The Hall–Kier alpha value is -2.69. The fraction of sp³-hybridized carbons (Fsp3) is 0.350. The van der Waals surface area contributed by atoms with Gasteiger partial charge in [0.15, 0.2) is 5.96 Å². The van der Waals surface area contributed by atoms with Crippen molar-refractivity contribution >= 4 is 5.96 Å². The lowest BCUT2D eigenvalue weighted by atomic mass is 10.2. The fourth-order valence-corrected chi connectivity index (χ4v) is 2.37. The van der Waals surface area contributed by atoms with Gasteiger partial charge in [0.1, 0.15) is 11.5 Å². The van der Waals surface area contributed by atoms with Crippen LogP contribution in [0.5, 0.6) is 11.5 Å². The second kappa shape index (κ2) is 10.2. The first kappa shape index (κ1) is 18.6. The van der Waals surface area contributed by atoms with Crippen LogP contribution < -0.4 is 20.1 Å². The van der Waals surface area contributed by atoms with E-state index < -0.39 is 0 Å². The third-order valence-electron chi connectivity index (χ3n) is 3.78. The fourth-order valence-electron chi connectivity index (χ4n) is 2.37. The number of hydrogen-bond donors (Lipinski definition) is 2. The number of benzene rings is 2. The number of hydrogen-bond acceptors (Lipinski definition) is 3. The molecule has 0 aliphatic carbocycles. The molecule has 0 unspecified atom stereocenters. The van der Waals surface area contributed by atoms with Gasteiger partial charge in [-0.3, -0.25) is 4.99 Å². The van der Waals surface area contributed by atoms with Crippen molar-refractivity contribution in [3.63, 3.8) is 0 Å². The Labute approximate surface area is 150 Å². The molecule has 0 radical (unpaired) electrons. The van der Waals surface area contributed by atoms with Crippen LogP contribution >= 0.6 is 0 Å². The quantitative estimate of drug-likeness (QED) is 0.440. The SMILES string of the molecule is CN=C(NCCCOc1ccccc1C)NCc1cccc(OC)c1. The molecular weight excluding hydrogens is 314 g/mol. The summed E-state index contributed by atoms with van der Waals surface area (Å²) in [5, 5.41) is 6.59. The van der Waals surface area contributed by atoms with Crippen LogP contribution in [0.4, 0.5) is 0 Å². The first-order valence-corrected chi connectivity index (χ1v) is 8.49. The van der Waals surface area contributed by atoms with Crippen LogP contribution in [-0.2, 0) is 6.54 Å². The summed E-state index contributed by atoms with van der Waals surface area (Å²) in [6.45, 7) is 4.21. The van der Waals surface area contributed by atoms with E-state index in [1.54, 1.807) is 14.2 Å². The minimum atomic E-state index is 0.671. The first-order valence-electron chi connectivity index (χ1n) is 8.49. The van der Waals surface area contributed by atoms with E-state index in [9.17, 15) is 0 Å². The summed E-state index contributed by atoms with van der Waals surface area (Å²) in [5.74, 6) is 2.58. The Morgan fingerprint density at radius 1 is 1.08 bits per heavy atom. The molecule has 2 rings (SSSR count). The van der Waals surface area contributed by atoms with Crippen LogP contribution in [0.15, 0.2) is 53.5 Å². The van der Waals surface area contributed by atoms with Crippen molar-refractivity contribution in [1.82, 2.24) is 10.6 Å². The number of guanidine groups is 1. The van der Waals surface area contributed by atoms with E-state index in [1.165, 1.54) is 0 Å². The number of aryl methyl sites for hydroxylation is 1. The molecule has 2 aromatic rings. The van der Waals surface area contributed by atoms with Gasteiger partial charge in [0.05, 0.1) is 13.7 Å². The van der Waals surface area contributed by atoms with Gasteiger partial charge in [0, 0.05) is 20.1 Å². The van der Waals surface area contributed by atoms with Crippen LogP contribution in [0.3, 0.4) is 0 Å². The lowest BCUT2D eigenvalue weighted by Gasteiger charge is -2.13.